The molecular weight excluding hydrogens is 247 g/mol. The summed E-state index contributed by atoms with van der Waals surface area (Å²) in [6, 6.07) is 9.66. The highest BCUT2D eigenvalue weighted by Gasteiger charge is 2.20. The first-order chi connectivity index (χ1) is 7.66. The number of hydrogen-bond acceptors (Lipinski definition) is 4. The van der Waals surface area contributed by atoms with E-state index in [0.717, 1.165) is 5.69 Å². The van der Waals surface area contributed by atoms with Crippen LogP contribution in [0.4, 0.5) is 5.69 Å². The minimum Gasteiger partial charge on any atom is -0.326 e. The quantitative estimate of drug-likeness (QED) is 0.620. The summed E-state index contributed by atoms with van der Waals surface area (Å²) in [5.41, 5.74) is 0.388. The lowest BCUT2D eigenvalue weighted by molar-refractivity contribution is 0.471. The summed E-state index contributed by atoms with van der Waals surface area (Å²) >= 11 is 11.7. The van der Waals surface area contributed by atoms with Gasteiger partial charge in [0.25, 0.3) is 0 Å². The molecule has 0 radical (unpaired) electrons. The molecule has 4 nitrogen and oxygen atoms in total. The van der Waals surface area contributed by atoms with Gasteiger partial charge in [0.15, 0.2) is 0 Å². The summed E-state index contributed by atoms with van der Waals surface area (Å²) in [5, 5.41) is 3.27. The smallest absolute Gasteiger partial charge is 0.224 e. The second kappa shape index (κ2) is 4.72. The monoisotopic (exact) mass is 256 g/mol. The molecule has 84 valence electrons. The number of nitrogens with zero attached hydrogens (tertiary/aromatic N) is 3. The Labute approximate surface area is 104 Å². The third kappa shape index (κ3) is 2.46. The highest BCUT2D eigenvalue weighted by molar-refractivity contribution is 6.66. The summed E-state index contributed by atoms with van der Waals surface area (Å²) in [6.07, 6.45) is 0. The molecule has 1 N–H and O–H groups in total. The van der Waals surface area contributed by atoms with Gasteiger partial charge in [-0.25, -0.2) is 4.99 Å². The molecule has 0 amide bonds. The van der Waals surface area contributed by atoms with Crippen LogP contribution in [0.2, 0.25) is 0 Å². The van der Waals surface area contributed by atoms with Crippen LogP contribution in [0, 0.1) is 0 Å². The normalized spacial score (nSPS) is 20.2. The maximum absolute atomic E-state index is 5.96. The summed E-state index contributed by atoms with van der Waals surface area (Å²) in [6.45, 7) is 0. The van der Waals surface area contributed by atoms with Gasteiger partial charge in [-0.05, 0) is 23.7 Å². The molecule has 16 heavy (non-hydrogen) atoms. The zero-order valence-corrected chi connectivity index (χ0v) is 10.1. The molecule has 0 aromatic heterocycles. The minimum atomic E-state index is -0.531. The molecule has 1 aromatic rings. The van der Waals surface area contributed by atoms with E-state index in [1.807, 2.05) is 30.3 Å². The molecule has 0 spiro atoms. The number of nitrogens with one attached hydrogen (secondary N) is 1. The van der Waals surface area contributed by atoms with Gasteiger partial charge in [0, 0.05) is 12.7 Å². The Balaban J connectivity index is 2.19. The van der Waals surface area contributed by atoms with Crippen LogP contribution in [-0.4, -0.2) is 28.8 Å². The van der Waals surface area contributed by atoms with E-state index in [-0.39, 0.29) is 5.29 Å². The number of anilines is 1. The Morgan fingerprint density at radius 2 is 2.00 bits per heavy atom. The number of rotatable bonds is 1. The van der Waals surface area contributed by atoms with Crippen molar-refractivity contribution in [2.75, 3.05) is 12.4 Å². The Morgan fingerprint density at radius 3 is 2.69 bits per heavy atom. The molecule has 6 heteroatoms. The van der Waals surface area contributed by atoms with Crippen LogP contribution in [0.1, 0.15) is 0 Å². The van der Waals surface area contributed by atoms with Crippen LogP contribution in [0.25, 0.3) is 0 Å². The third-order valence-electron chi connectivity index (χ3n) is 2.09. The van der Waals surface area contributed by atoms with Crippen molar-refractivity contribution in [1.82, 2.24) is 4.90 Å². The van der Waals surface area contributed by atoms with Crippen molar-refractivity contribution in [2.45, 2.75) is 5.62 Å². The van der Waals surface area contributed by atoms with Crippen LogP contribution in [0.15, 0.2) is 40.3 Å². The number of benzene rings is 1. The van der Waals surface area contributed by atoms with Crippen molar-refractivity contribution < 1.29 is 0 Å². The molecule has 0 saturated carbocycles. The van der Waals surface area contributed by atoms with Gasteiger partial charge in [0.05, 0.1) is 0 Å². The van der Waals surface area contributed by atoms with Gasteiger partial charge in [-0.15, -0.1) is 0 Å². The number of hydrogen-bond donors (Lipinski definition) is 1. The Morgan fingerprint density at radius 1 is 1.31 bits per heavy atom. The molecule has 1 aliphatic rings. The maximum atomic E-state index is 5.96. The van der Waals surface area contributed by atoms with Gasteiger partial charge >= 0.3 is 0 Å². The van der Waals surface area contributed by atoms with E-state index in [1.165, 1.54) is 0 Å². The van der Waals surface area contributed by atoms with E-state index in [9.17, 15) is 0 Å². The minimum absolute atomic E-state index is 0.150. The number of amidine groups is 1. The van der Waals surface area contributed by atoms with E-state index in [0.29, 0.717) is 5.96 Å². The van der Waals surface area contributed by atoms with Gasteiger partial charge in [-0.3, -0.25) is 0 Å². The standard InChI is InChI=1S/C10H10Cl2N4/c1-16-9(12)14-8(11)15-10(16)13-7-5-3-2-4-6-7/h2-6,9H,1H3,(H,13,14,15). The lowest BCUT2D eigenvalue weighted by atomic mass is 10.3. The highest BCUT2D eigenvalue weighted by atomic mass is 35.5. The van der Waals surface area contributed by atoms with Crippen LogP contribution < -0.4 is 5.32 Å². The molecule has 1 heterocycles. The van der Waals surface area contributed by atoms with Crippen LogP contribution in [0.5, 0.6) is 0 Å². The zero-order chi connectivity index (χ0) is 11.5. The Hall–Kier alpha value is -1.26. The van der Waals surface area contributed by atoms with Crippen molar-refractivity contribution in [3.8, 4) is 0 Å². The molecule has 0 bridgehead atoms. The number of halogens is 2. The predicted molar refractivity (Wildman–Crippen MR) is 68.2 cm³/mol. The lowest BCUT2D eigenvalue weighted by Gasteiger charge is -2.27. The summed E-state index contributed by atoms with van der Waals surface area (Å²) < 4.78 is 0. The van der Waals surface area contributed by atoms with Crippen molar-refractivity contribution in [3.05, 3.63) is 30.3 Å². The molecule has 2 rings (SSSR count). The first-order valence-electron chi connectivity index (χ1n) is 4.68. The van der Waals surface area contributed by atoms with Gasteiger partial charge < -0.3 is 10.2 Å². The predicted octanol–water partition coefficient (Wildman–Crippen LogP) is 2.52. The SMILES string of the molecule is CN1C(Nc2ccccc2)=NC(Cl)=NC1Cl. The fraction of sp³-hybridized carbons (Fsp3) is 0.200. The average Bonchev–Trinajstić information content (AvgIpc) is 2.27. The van der Waals surface area contributed by atoms with Gasteiger partial charge in [-0.1, -0.05) is 29.8 Å². The van der Waals surface area contributed by atoms with E-state index in [4.69, 9.17) is 23.2 Å². The van der Waals surface area contributed by atoms with E-state index in [2.05, 4.69) is 15.3 Å². The fourth-order valence-electron chi connectivity index (χ4n) is 1.24. The van der Waals surface area contributed by atoms with E-state index < -0.39 is 5.62 Å². The van der Waals surface area contributed by atoms with Gasteiger partial charge in [-0.2, -0.15) is 4.99 Å². The number of guanidine groups is 1. The molecule has 0 saturated heterocycles. The number of aliphatic imine (C=N–C) groups is 2. The van der Waals surface area contributed by atoms with Crippen molar-refractivity contribution >= 4 is 40.1 Å². The van der Waals surface area contributed by atoms with Crippen LogP contribution >= 0.6 is 23.2 Å². The topological polar surface area (TPSA) is 40.0 Å². The summed E-state index contributed by atoms with van der Waals surface area (Å²) in [5.74, 6) is 0.575. The van der Waals surface area contributed by atoms with Crippen molar-refractivity contribution in [2.24, 2.45) is 9.98 Å². The molecular formula is C10H10Cl2N4. The molecule has 0 fully saturated rings. The third-order valence-corrected chi connectivity index (χ3v) is 2.67. The molecule has 1 unspecified atom stereocenters. The summed E-state index contributed by atoms with van der Waals surface area (Å²) in [4.78, 5) is 9.67. The fourth-order valence-corrected chi connectivity index (χ4v) is 1.64. The zero-order valence-electron chi connectivity index (χ0n) is 8.56. The lowest BCUT2D eigenvalue weighted by Crippen LogP contribution is -2.40. The maximum Gasteiger partial charge on any atom is 0.224 e. The van der Waals surface area contributed by atoms with Crippen molar-refractivity contribution in [1.29, 1.82) is 0 Å². The molecule has 1 aromatic carbocycles. The molecule has 1 atom stereocenters. The number of para-hydroxylation sites is 1. The second-order valence-corrected chi connectivity index (χ2v) is 3.97. The largest absolute Gasteiger partial charge is 0.326 e. The Bertz CT molecular complexity index is 430. The second-order valence-electron chi connectivity index (χ2n) is 3.25. The summed E-state index contributed by atoms with van der Waals surface area (Å²) in [7, 11) is 1.79. The van der Waals surface area contributed by atoms with Crippen LogP contribution in [-0.2, 0) is 0 Å². The first-order valence-corrected chi connectivity index (χ1v) is 5.49. The molecule has 1 aliphatic heterocycles. The van der Waals surface area contributed by atoms with E-state index in [1.54, 1.807) is 11.9 Å². The molecule has 0 aliphatic carbocycles. The average molecular weight is 257 g/mol. The Kier molecular flexibility index (Phi) is 3.31. The van der Waals surface area contributed by atoms with Gasteiger partial charge in [0.1, 0.15) is 0 Å². The number of alkyl halides is 1. The van der Waals surface area contributed by atoms with Crippen LogP contribution in [0.3, 0.4) is 0 Å². The van der Waals surface area contributed by atoms with Crippen molar-refractivity contribution in [3.63, 3.8) is 0 Å². The first kappa shape index (κ1) is 11.2. The van der Waals surface area contributed by atoms with Gasteiger partial charge in [0.2, 0.25) is 16.9 Å². The van der Waals surface area contributed by atoms with E-state index >= 15 is 0 Å². The highest BCUT2D eigenvalue weighted by Crippen LogP contribution is 2.15.